The van der Waals surface area contributed by atoms with Gasteiger partial charge in [0.05, 0.1) is 11.1 Å². The van der Waals surface area contributed by atoms with Crippen LogP contribution in [0, 0.1) is 10.1 Å². The Morgan fingerprint density at radius 3 is 2.70 bits per heavy atom. The number of nitro groups is 1. The monoisotopic (exact) mass is 339 g/mol. The number of carbonyl (C=O) groups is 1. The summed E-state index contributed by atoms with van der Waals surface area (Å²) in [6.07, 6.45) is 1.00. The first-order valence-electron chi connectivity index (χ1n) is 5.92. The number of non-ortho nitro benzene ring substituents is 1. The highest BCUT2D eigenvalue weighted by Gasteiger charge is 2.14. The number of rotatable bonds is 5. The average molecular weight is 339 g/mol. The van der Waals surface area contributed by atoms with Crippen molar-refractivity contribution in [3.8, 4) is 0 Å². The number of amides is 1. The predicted octanol–water partition coefficient (Wildman–Crippen LogP) is 1.20. The van der Waals surface area contributed by atoms with Gasteiger partial charge in [-0.05, 0) is 18.2 Å². The number of carbonyl (C=O) groups excluding carboxylic acids is 1. The van der Waals surface area contributed by atoms with Crippen LogP contribution in [0.25, 0.3) is 0 Å². The maximum atomic E-state index is 11.8. The van der Waals surface area contributed by atoms with E-state index < -0.39 is 26.0 Å². The van der Waals surface area contributed by atoms with Gasteiger partial charge in [-0.2, -0.15) is 13.5 Å². The smallest absolute Gasteiger partial charge is 0.328 e. The molecule has 0 aliphatic rings. The van der Waals surface area contributed by atoms with Gasteiger partial charge < -0.3 is 4.42 Å². The summed E-state index contributed by atoms with van der Waals surface area (Å²) in [5, 5.41) is 13.5. The molecule has 0 saturated heterocycles. The van der Waals surface area contributed by atoms with Crippen molar-refractivity contribution < 1.29 is 27.1 Å². The predicted molar refractivity (Wildman–Crippen MR) is 76.7 cm³/mol. The minimum Gasteiger partial charge on any atom is -0.441 e. The lowest BCUT2D eigenvalue weighted by Crippen LogP contribution is -2.17. The first kappa shape index (κ1) is 16.3. The Balaban J connectivity index is 2.05. The molecule has 10 nitrogen and oxygen atoms in total. The van der Waals surface area contributed by atoms with Crippen LogP contribution in [0.1, 0.15) is 16.1 Å². The van der Waals surface area contributed by atoms with Crippen molar-refractivity contribution in [2.75, 3.05) is 0 Å². The lowest BCUT2D eigenvalue weighted by Gasteiger charge is -1.99. The largest absolute Gasteiger partial charge is 0.441 e. The average Bonchev–Trinajstić information content (AvgIpc) is 2.96. The third-order valence-corrected chi connectivity index (χ3v) is 3.26. The summed E-state index contributed by atoms with van der Waals surface area (Å²) in [6, 6.07) is 7.25. The molecule has 0 unspecified atom stereocenters. The molecule has 1 amide bonds. The van der Waals surface area contributed by atoms with E-state index in [0.29, 0.717) is 0 Å². The SMILES string of the molecule is O=C(N/N=C\c1ccc(S(=O)(=O)O)o1)c1cccc([N+](=O)[O-])c1. The van der Waals surface area contributed by atoms with Crippen molar-refractivity contribution in [1.29, 1.82) is 0 Å². The summed E-state index contributed by atoms with van der Waals surface area (Å²) in [7, 11) is -4.46. The fraction of sp³-hybridized carbons (Fsp3) is 0. The third kappa shape index (κ3) is 4.21. The van der Waals surface area contributed by atoms with Crippen LogP contribution in [-0.4, -0.2) is 30.0 Å². The lowest BCUT2D eigenvalue weighted by molar-refractivity contribution is -0.384. The molecule has 2 N–H and O–H groups in total. The van der Waals surface area contributed by atoms with Crippen LogP contribution >= 0.6 is 0 Å². The zero-order valence-electron chi connectivity index (χ0n) is 11.2. The Morgan fingerprint density at radius 1 is 1.35 bits per heavy atom. The van der Waals surface area contributed by atoms with Gasteiger partial charge in [-0.25, -0.2) is 5.43 Å². The molecule has 0 bridgehead atoms. The highest BCUT2D eigenvalue weighted by molar-refractivity contribution is 7.85. The van der Waals surface area contributed by atoms with Crippen LogP contribution in [0.15, 0.2) is 51.0 Å². The number of nitrogens with one attached hydrogen (secondary N) is 1. The number of furan rings is 1. The van der Waals surface area contributed by atoms with Crippen molar-refractivity contribution in [3.05, 3.63) is 57.8 Å². The van der Waals surface area contributed by atoms with E-state index in [2.05, 4.69) is 10.5 Å². The van der Waals surface area contributed by atoms with E-state index in [4.69, 9.17) is 8.97 Å². The van der Waals surface area contributed by atoms with Crippen LogP contribution in [0.3, 0.4) is 0 Å². The molecular weight excluding hydrogens is 330 g/mol. The van der Waals surface area contributed by atoms with Crippen molar-refractivity contribution in [3.63, 3.8) is 0 Å². The van der Waals surface area contributed by atoms with E-state index in [1.807, 2.05) is 0 Å². The van der Waals surface area contributed by atoms with Gasteiger partial charge >= 0.3 is 10.1 Å². The van der Waals surface area contributed by atoms with E-state index in [1.165, 1.54) is 24.3 Å². The molecule has 0 aliphatic heterocycles. The van der Waals surface area contributed by atoms with E-state index in [9.17, 15) is 23.3 Å². The summed E-state index contributed by atoms with van der Waals surface area (Å²) in [5.41, 5.74) is 1.88. The van der Waals surface area contributed by atoms with Gasteiger partial charge in [-0.15, -0.1) is 0 Å². The molecular formula is C12H9N3O7S. The summed E-state index contributed by atoms with van der Waals surface area (Å²) < 4.78 is 35.1. The van der Waals surface area contributed by atoms with Crippen molar-refractivity contribution >= 4 is 27.9 Å². The Hall–Kier alpha value is -3.05. The molecule has 11 heteroatoms. The van der Waals surface area contributed by atoms with Crippen molar-refractivity contribution in [2.24, 2.45) is 5.10 Å². The Labute approximate surface area is 129 Å². The lowest BCUT2D eigenvalue weighted by atomic mass is 10.2. The zero-order valence-corrected chi connectivity index (χ0v) is 12.1. The second kappa shape index (κ2) is 6.37. The fourth-order valence-corrected chi connectivity index (χ4v) is 1.96. The maximum Gasteiger partial charge on any atom is 0.328 e. The number of hydrazone groups is 1. The normalized spacial score (nSPS) is 11.5. The number of hydrogen-bond donors (Lipinski definition) is 2. The van der Waals surface area contributed by atoms with Gasteiger partial charge in [0, 0.05) is 17.7 Å². The standard InChI is InChI=1S/C12H9N3O7S/c16-12(8-2-1-3-9(6-8)15(17)18)14-13-7-10-4-5-11(22-10)23(19,20)21/h1-7H,(H,14,16)(H,19,20,21)/b13-7-. The second-order valence-corrected chi connectivity index (χ2v) is 5.49. The number of hydrogen-bond acceptors (Lipinski definition) is 7. The number of benzene rings is 1. The van der Waals surface area contributed by atoms with Crippen molar-refractivity contribution in [2.45, 2.75) is 5.09 Å². The highest BCUT2D eigenvalue weighted by atomic mass is 32.2. The third-order valence-electron chi connectivity index (χ3n) is 2.53. The summed E-state index contributed by atoms with van der Waals surface area (Å²) in [4.78, 5) is 21.7. The molecule has 1 aromatic carbocycles. The quantitative estimate of drug-likeness (QED) is 0.359. The van der Waals surface area contributed by atoms with Gasteiger partial charge in [-0.3, -0.25) is 19.5 Å². The molecule has 23 heavy (non-hydrogen) atoms. The van der Waals surface area contributed by atoms with Crippen LogP contribution in [-0.2, 0) is 10.1 Å². The van der Waals surface area contributed by atoms with Gasteiger partial charge in [0.2, 0.25) is 5.09 Å². The minimum absolute atomic E-state index is 0.0226. The van der Waals surface area contributed by atoms with Crippen molar-refractivity contribution in [1.82, 2.24) is 5.43 Å². The topological polar surface area (TPSA) is 152 Å². The van der Waals surface area contributed by atoms with Crippen LogP contribution in [0.4, 0.5) is 5.69 Å². The molecule has 0 aliphatic carbocycles. The first-order chi connectivity index (χ1) is 10.8. The summed E-state index contributed by atoms with van der Waals surface area (Å²) >= 11 is 0. The summed E-state index contributed by atoms with van der Waals surface area (Å²) in [5.74, 6) is -0.733. The molecule has 0 fully saturated rings. The molecule has 2 rings (SSSR count). The molecule has 0 spiro atoms. The van der Waals surface area contributed by atoms with E-state index in [-0.39, 0.29) is 17.0 Å². The van der Waals surface area contributed by atoms with Gasteiger partial charge in [0.25, 0.3) is 11.6 Å². The van der Waals surface area contributed by atoms with E-state index in [1.54, 1.807) is 0 Å². The molecule has 0 atom stereocenters. The van der Waals surface area contributed by atoms with Crippen LogP contribution in [0.5, 0.6) is 0 Å². The van der Waals surface area contributed by atoms with Gasteiger partial charge in [0.1, 0.15) is 5.76 Å². The number of nitro benzene ring substituents is 1. The maximum absolute atomic E-state index is 11.8. The molecule has 1 aromatic heterocycles. The Kier molecular flexibility index (Phi) is 4.52. The molecule has 2 aromatic rings. The molecule has 0 radical (unpaired) electrons. The zero-order chi connectivity index (χ0) is 17.0. The minimum atomic E-state index is -4.46. The van der Waals surface area contributed by atoms with E-state index in [0.717, 1.165) is 18.3 Å². The van der Waals surface area contributed by atoms with Gasteiger partial charge in [0.15, 0.2) is 0 Å². The molecule has 1 heterocycles. The summed E-state index contributed by atoms with van der Waals surface area (Å²) in [6.45, 7) is 0. The number of nitrogens with zero attached hydrogens (tertiary/aromatic N) is 2. The first-order valence-corrected chi connectivity index (χ1v) is 7.36. The van der Waals surface area contributed by atoms with Crippen LogP contribution in [0.2, 0.25) is 0 Å². The molecule has 120 valence electrons. The Morgan fingerprint density at radius 2 is 2.09 bits per heavy atom. The van der Waals surface area contributed by atoms with E-state index >= 15 is 0 Å². The fourth-order valence-electron chi connectivity index (χ4n) is 1.52. The highest BCUT2D eigenvalue weighted by Crippen LogP contribution is 2.13. The second-order valence-electron chi connectivity index (χ2n) is 4.14. The molecule has 0 saturated carbocycles. The Bertz CT molecular complexity index is 886. The van der Waals surface area contributed by atoms with Gasteiger partial charge in [-0.1, -0.05) is 6.07 Å². The van der Waals surface area contributed by atoms with Crippen LogP contribution < -0.4 is 5.43 Å².